The Balaban J connectivity index is 1.25. The van der Waals surface area contributed by atoms with Crippen LogP contribution < -0.4 is 10.5 Å². The number of benzene rings is 2. The molecule has 1 aliphatic rings. The number of piperazine rings is 1. The van der Waals surface area contributed by atoms with Crippen LogP contribution >= 0.6 is 0 Å². The first-order chi connectivity index (χ1) is 16.9. The van der Waals surface area contributed by atoms with Crippen molar-refractivity contribution in [2.24, 2.45) is 0 Å². The van der Waals surface area contributed by atoms with Crippen molar-refractivity contribution >= 4 is 22.8 Å². The molecule has 180 valence electrons. The summed E-state index contributed by atoms with van der Waals surface area (Å²) >= 11 is 0. The minimum absolute atomic E-state index is 0.0635. The number of H-pyrrole nitrogens is 1. The normalized spacial score (nSPS) is 14.5. The van der Waals surface area contributed by atoms with Crippen LogP contribution in [0.5, 0.6) is 0 Å². The van der Waals surface area contributed by atoms with E-state index in [1.807, 2.05) is 36.9 Å². The molecule has 10 nitrogen and oxygen atoms in total. The molecule has 0 spiro atoms. The van der Waals surface area contributed by atoms with E-state index >= 15 is 0 Å². The van der Waals surface area contributed by atoms with Crippen molar-refractivity contribution in [3.05, 3.63) is 70.3 Å². The van der Waals surface area contributed by atoms with Gasteiger partial charge in [0.25, 0.3) is 11.5 Å². The number of aliphatic hydroxyl groups excluding tert-OH is 1. The van der Waals surface area contributed by atoms with E-state index in [1.165, 1.54) is 0 Å². The van der Waals surface area contributed by atoms with E-state index in [1.54, 1.807) is 35.2 Å². The lowest BCUT2D eigenvalue weighted by Gasteiger charge is -2.35. The molecule has 1 saturated heterocycles. The lowest BCUT2D eigenvalue weighted by Crippen LogP contribution is -2.49. The van der Waals surface area contributed by atoms with E-state index in [0.717, 1.165) is 5.56 Å². The van der Waals surface area contributed by atoms with Crippen LogP contribution in [0, 0.1) is 0 Å². The third-order valence-electron chi connectivity index (χ3n) is 6.26. The number of aromatic amines is 1. The van der Waals surface area contributed by atoms with Crippen LogP contribution in [0.25, 0.3) is 22.3 Å². The van der Waals surface area contributed by atoms with Gasteiger partial charge >= 0.3 is 0 Å². The Labute approximate surface area is 201 Å². The van der Waals surface area contributed by atoms with Crippen LogP contribution in [0.3, 0.4) is 0 Å². The van der Waals surface area contributed by atoms with Gasteiger partial charge in [0, 0.05) is 37.3 Å². The highest BCUT2D eigenvalue weighted by molar-refractivity contribution is 5.94. The van der Waals surface area contributed by atoms with Crippen molar-refractivity contribution in [3.63, 3.8) is 0 Å². The molecule has 5 rings (SSSR count). The number of fused-ring (bicyclic) bond motifs is 1. The highest BCUT2D eigenvalue weighted by atomic mass is 16.5. The summed E-state index contributed by atoms with van der Waals surface area (Å²) in [5.74, 6) is 1.22. The average molecular weight is 475 g/mol. The number of amides is 1. The summed E-state index contributed by atoms with van der Waals surface area (Å²) in [7, 11) is 0. The fourth-order valence-corrected chi connectivity index (χ4v) is 3.97. The lowest BCUT2D eigenvalue weighted by molar-refractivity contribution is 0.0746. The molecular formula is C25H26N6O4. The van der Waals surface area contributed by atoms with E-state index in [0.29, 0.717) is 60.3 Å². The third kappa shape index (κ3) is 4.40. The predicted octanol–water partition coefficient (Wildman–Crippen LogP) is 2.21. The maximum Gasteiger partial charge on any atom is 0.260 e. The molecule has 1 fully saturated rings. The van der Waals surface area contributed by atoms with Crippen molar-refractivity contribution in [3.8, 4) is 11.4 Å². The van der Waals surface area contributed by atoms with Gasteiger partial charge in [-0.3, -0.25) is 14.6 Å². The Hall–Kier alpha value is -4.05. The molecule has 10 heteroatoms. The smallest absolute Gasteiger partial charge is 0.260 e. The minimum Gasteiger partial charge on any atom is -0.395 e. The first kappa shape index (κ1) is 22.7. The van der Waals surface area contributed by atoms with Crippen LogP contribution in [-0.2, 0) is 5.41 Å². The van der Waals surface area contributed by atoms with Crippen molar-refractivity contribution in [1.82, 2.24) is 25.0 Å². The second-order valence-corrected chi connectivity index (χ2v) is 9.23. The third-order valence-corrected chi connectivity index (χ3v) is 6.26. The zero-order valence-electron chi connectivity index (χ0n) is 19.6. The van der Waals surface area contributed by atoms with Gasteiger partial charge in [-0.15, -0.1) is 0 Å². The lowest BCUT2D eigenvalue weighted by atomic mass is 9.95. The molecule has 0 bridgehead atoms. The highest BCUT2D eigenvalue weighted by Crippen LogP contribution is 2.24. The topological polar surface area (TPSA) is 128 Å². The van der Waals surface area contributed by atoms with Gasteiger partial charge < -0.3 is 19.4 Å². The first-order valence-corrected chi connectivity index (χ1v) is 11.4. The molecule has 0 radical (unpaired) electrons. The van der Waals surface area contributed by atoms with Gasteiger partial charge in [-0.05, 0) is 38.1 Å². The monoisotopic (exact) mass is 474 g/mol. The molecule has 0 atom stereocenters. The van der Waals surface area contributed by atoms with Gasteiger partial charge in [0.1, 0.15) is 0 Å². The summed E-state index contributed by atoms with van der Waals surface area (Å²) in [6, 6.07) is 14.3. The van der Waals surface area contributed by atoms with Gasteiger partial charge in [-0.1, -0.05) is 29.4 Å². The molecule has 0 aliphatic carbocycles. The number of nitrogens with zero attached hydrogens (tertiary/aromatic N) is 5. The number of carbonyl (C=O) groups is 1. The molecule has 2 N–H and O–H groups in total. The second kappa shape index (κ2) is 8.95. The fourth-order valence-electron chi connectivity index (χ4n) is 3.97. The van der Waals surface area contributed by atoms with Gasteiger partial charge in [0.15, 0.2) is 0 Å². The van der Waals surface area contributed by atoms with Crippen LogP contribution in [0.4, 0.5) is 5.95 Å². The molecule has 2 aromatic heterocycles. The van der Waals surface area contributed by atoms with Crippen LogP contribution in [0.15, 0.2) is 57.8 Å². The predicted molar refractivity (Wildman–Crippen MR) is 130 cm³/mol. The summed E-state index contributed by atoms with van der Waals surface area (Å²) in [5.41, 5.74) is 1.15. The van der Waals surface area contributed by atoms with Crippen LogP contribution in [0.1, 0.15) is 30.1 Å². The highest BCUT2D eigenvalue weighted by Gasteiger charge is 2.27. The van der Waals surface area contributed by atoms with Gasteiger partial charge in [0.2, 0.25) is 17.7 Å². The summed E-state index contributed by atoms with van der Waals surface area (Å²) < 4.78 is 5.30. The Bertz CT molecular complexity index is 1420. The van der Waals surface area contributed by atoms with E-state index in [-0.39, 0.29) is 18.1 Å². The number of rotatable bonds is 5. The molecule has 1 amide bonds. The number of hydrogen-bond donors (Lipinski definition) is 2. The van der Waals surface area contributed by atoms with Crippen molar-refractivity contribution in [2.45, 2.75) is 19.3 Å². The Morgan fingerprint density at radius 2 is 1.77 bits per heavy atom. The largest absolute Gasteiger partial charge is 0.395 e. The number of carbonyl (C=O) groups excluding carboxylic acids is 1. The van der Waals surface area contributed by atoms with Gasteiger partial charge in [-0.25, -0.2) is 4.98 Å². The number of aliphatic hydroxyl groups is 1. The Morgan fingerprint density at radius 1 is 1.06 bits per heavy atom. The summed E-state index contributed by atoms with van der Waals surface area (Å²) in [6.07, 6.45) is 0. The Kier molecular flexibility index (Phi) is 5.81. The number of nitrogens with one attached hydrogen (secondary N) is 1. The first-order valence-electron chi connectivity index (χ1n) is 11.4. The molecule has 4 aromatic rings. The van der Waals surface area contributed by atoms with Gasteiger partial charge in [-0.2, -0.15) is 4.98 Å². The molecule has 2 aromatic carbocycles. The maximum atomic E-state index is 13.1. The van der Waals surface area contributed by atoms with Gasteiger partial charge in [0.05, 0.1) is 22.9 Å². The van der Waals surface area contributed by atoms with E-state index in [9.17, 15) is 14.7 Å². The summed E-state index contributed by atoms with van der Waals surface area (Å²) in [4.78, 5) is 41.0. The van der Waals surface area contributed by atoms with Crippen molar-refractivity contribution < 1.29 is 14.4 Å². The summed E-state index contributed by atoms with van der Waals surface area (Å²) in [6.45, 7) is 5.69. The number of aromatic nitrogens is 4. The number of hydrogen-bond acceptors (Lipinski definition) is 8. The molecule has 0 unspecified atom stereocenters. The average Bonchev–Trinajstić information content (AvgIpc) is 3.40. The van der Waals surface area contributed by atoms with Crippen molar-refractivity contribution in [1.29, 1.82) is 0 Å². The molecule has 35 heavy (non-hydrogen) atoms. The second-order valence-electron chi connectivity index (χ2n) is 9.23. The maximum absolute atomic E-state index is 13.1. The number of anilines is 1. The van der Waals surface area contributed by atoms with E-state index < -0.39 is 5.41 Å². The fraction of sp³-hybridized carbons (Fsp3) is 0.320. The van der Waals surface area contributed by atoms with E-state index in [4.69, 9.17) is 4.52 Å². The Morgan fingerprint density at radius 3 is 2.49 bits per heavy atom. The van der Waals surface area contributed by atoms with Crippen molar-refractivity contribution in [2.75, 3.05) is 37.7 Å². The molecule has 1 aliphatic heterocycles. The van der Waals surface area contributed by atoms with Crippen LogP contribution in [0.2, 0.25) is 0 Å². The quantitative estimate of drug-likeness (QED) is 0.451. The standard InChI is InChI=1S/C25H26N6O4/c1-25(2,15-32)23-27-20(29-35-23)16-7-9-17(10-8-16)22(34)30-11-13-31(14-12-30)24-26-19-6-4-3-5-18(19)21(33)28-24/h3-10,32H,11-15H2,1-2H3,(H,26,28,33). The zero-order valence-corrected chi connectivity index (χ0v) is 19.6. The molecule has 0 saturated carbocycles. The van der Waals surface area contributed by atoms with Crippen LogP contribution in [-0.4, -0.2) is 68.8 Å². The minimum atomic E-state index is -0.626. The molecular weight excluding hydrogens is 448 g/mol. The number of para-hydroxylation sites is 1. The molecule has 3 heterocycles. The summed E-state index contributed by atoms with van der Waals surface area (Å²) in [5, 5.41) is 14.0. The van der Waals surface area contributed by atoms with E-state index in [2.05, 4.69) is 20.1 Å². The SMILES string of the molecule is CC(C)(CO)c1nc(-c2ccc(C(=O)N3CCN(c4nc5ccccc5c(=O)[nH]4)CC3)cc2)no1. The zero-order chi connectivity index (χ0) is 24.6.